The predicted molar refractivity (Wildman–Crippen MR) is 95.2 cm³/mol. The van der Waals surface area contributed by atoms with Crippen LogP contribution in [0.25, 0.3) is 0 Å². The molecule has 6 heteroatoms. The Morgan fingerprint density at radius 2 is 1.80 bits per heavy atom. The van der Waals surface area contributed by atoms with Gasteiger partial charge < -0.3 is 0 Å². The molecule has 0 radical (unpaired) electrons. The van der Waals surface area contributed by atoms with Crippen LogP contribution in [0.5, 0.6) is 0 Å². The molecule has 0 atom stereocenters. The van der Waals surface area contributed by atoms with Crippen LogP contribution in [0.2, 0.25) is 0 Å². The molecule has 0 saturated carbocycles. The molecular weight excluding hydrogens is 339 g/mol. The van der Waals surface area contributed by atoms with Crippen LogP contribution in [-0.4, -0.2) is 13.4 Å². The molecule has 0 aliphatic heterocycles. The molecule has 0 saturated heterocycles. The van der Waals surface area contributed by atoms with Gasteiger partial charge >= 0.3 is 0 Å². The molecule has 0 unspecified atom stereocenters. The van der Waals surface area contributed by atoms with E-state index in [0.717, 1.165) is 11.6 Å². The molecule has 2 aromatic carbocycles. The molecule has 0 aliphatic carbocycles. The first-order valence-electron chi connectivity index (χ1n) is 7.71. The van der Waals surface area contributed by atoms with Crippen molar-refractivity contribution < 1.29 is 12.8 Å². The van der Waals surface area contributed by atoms with Crippen LogP contribution in [0.15, 0.2) is 78.0 Å². The summed E-state index contributed by atoms with van der Waals surface area (Å²) in [6.07, 6.45) is 3.26. The third kappa shape index (κ3) is 3.69. The van der Waals surface area contributed by atoms with Gasteiger partial charge in [-0.2, -0.15) is 0 Å². The van der Waals surface area contributed by atoms with Crippen LogP contribution < -0.4 is 4.31 Å². The maximum Gasteiger partial charge on any atom is 0.264 e. The number of rotatable bonds is 5. The molecule has 0 amide bonds. The van der Waals surface area contributed by atoms with Crippen LogP contribution in [0, 0.1) is 12.7 Å². The summed E-state index contributed by atoms with van der Waals surface area (Å²) in [7, 11) is -3.86. The van der Waals surface area contributed by atoms with Crippen molar-refractivity contribution in [3.05, 3.63) is 90.0 Å². The number of sulfonamides is 1. The highest BCUT2D eigenvalue weighted by atomic mass is 32.2. The summed E-state index contributed by atoms with van der Waals surface area (Å²) in [5, 5.41) is 0. The summed E-state index contributed by atoms with van der Waals surface area (Å²) < 4.78 is 41.2. The third-order valence-electron chi connectivity index (χ3n) is 3.80. The van der Waals surface area contributed by atoms with Gasteiger partial charge in [-0.1, -0.05) is 24.3 Å². The Kier molecular flexibility index (Phi) is 4.81. The van der Waals surface area contributed by atoms with Gasteiger partial charge in [0, 0.05) is 12.4 Å². The van der Waals surface area contributed by atoms with Gasteiger partial charge in [-0.25, -0.2) is 12.8 Å². The van der Waals surface area contributed by atoms with Crippen molar-refractivity contribution in [2.45, 2.75) is 18.4 Å². The lowest BCUT2D eigenvalue weighted by molar-refractivity contribution is 0.588. The number of anilines is 1. The van der Waals surface area contributed by atoms with E-state index in [9.17, 15) is 12.8 Å². The molecule has 0 fully saturated rings. The number of pyridine rings is 1. The maximum atomic E-state index is 13.4. The fraction of sp³-hybridized carbons (Fsp3) is 0.105. The minimum absolute atomic E-state index is 0.0849. The largest absolute Gasteiger partial charge is 0.264 e. The summed E-state index contributed by atoms with van der Waals surface area (Å²) in [5.41, 5.74) is 1.66. The zero-order valence-electron chi connectivity index (χ0n) is 13.6. The van der Waals surface area contributed by atoms with E-state index in [1.54, 1.807) is 49.6 Å². The van der Waals surface area contributed by atoms with E-state index in [2.05, 4.69) is 4.98 Å². The number of para-hydroxylation sites is 1. The summed E-state index contributed by atoms with van der Waals surface area (Å²) in [6.45, 7) is 1.72. The van der Waals surface area contributed by atoms with E-state index in [4.69, 9.17) is 0 Å². The smallest absolute Gasteiger partial charge is 0.264 e. The third-order valence-corrected chi connectivity index (χ3v) is 5.73. The topological polar surface area (TPSA) is 50.3 Å². The number of halogens is 1. The Morgan fingerprint density at radius 1 is 1.04 bits per heavy atom. The Balaban J connectivity index is 2.10. The van der Waals surface area contributed by atoms with E-state index in [0.29, 0.717) is 11.3 Å². The quantitative estimate of drug-likeness (QED) is 0.696. The van der Waals surface area contributed by atoms with Crippen LogP contribution in [0.4, 0.5) is 10.1 Å². The molecule has 0 bridgehead atoms. The van der Waals surface area contributed by atoms with Gasteiger partial charge in [0.15, 0.2) is 0 Å². The molecule has 128 valence electrons. The number of aryl methyl sites for hydroxylation is 1. The molecular formula is C19H17FN2O2S. The summed E-state index contributed by atoms with van der Waals surface area (Å²) >= 11 is 0. The van der Waals surface area contributed by atoms with Gasteiger partial charge in [-0.15, -0.1) is 0 Å². The zero-order valence-corrected chi connectivity index (χ0v) is 14.4. The normalized spacial score (nSPS) is 11.3. The van der Waals surface area contributed by atoms with E-state index in [1.165, 1.54) is 16.4 Å². The van der Waals surface area contributed by atoms with Crippen LogP contribution in [0.3, 0.4) is 0 Å². The lowest BCUT2D eigenvalue weighted by Crippen LogP contribution is -2.31. The van der Waals surface area contributed by atoms with Gasteiger partial charge in [0.05, 0.1) is 17.1 Å². The lowest BCUT2D eigenvalue weighted by Gasteiger charge is -2.25. The van der Waals surface area contributed by atoms with Gasteiger partial charge in [-0.05, 0) is 54.4 Å². The molecule has 0 spiro atoms. The van der Waals surface area contributed by atoms with Crippen molar-refractivity contribution in [1.82, 2.24) is 4.98 Å². The molecule has 0 aliphatic rings. The second kappa shape index (κ2) is 7.03. The van der Waals surface area contributed by atoms with Crippen LogP contribution >= 0.6 is 0 Å². The second-order valence-electron chi connectivity index (χ2n) is 5.62. The van der Waals surface area contributed by atoms with E-state index in [1.807, 2.05) is 12.1 Å². The van der Waals surface area contributed by atoms with Crippen molar-refractivity contribution in [2.24, 2.45) is 0 Å². The van der Waals surface area contributed by atoms with Gasteiger partial charge in [0.1, 0.15) is 5.82 Å². The van der Waals surface area contributed by atoms with Crippen molar-refractivity contribution >= 4 is 15.7 Å². The van der Waals surface area contributed by atoms with Gasteiger partial charge in [0.2, 0.25) is 0 Å². The molecule has 25 heavy (non-hydrogen) atoms. The predicted octanol–water partition coefficient (Wildman–Crippen LogP) is 3.92. The van der Waals surface area contributed by atoms with Gasteiger partial charge in [-0.3, -0.25) is 9.29 Å². The fourth-order valence-corrected chi connectivity index (χ4v) is 4.25. The minimum Gasteiger partial charge on any atom is -0.264 e. The molecule has 1 heterocycles. The van der Waals surface area contributed by atoms with Gasteiger partial charge in [0.25, 0.3) is 10.0 Å². The Hall–Kier alpha value is -2.73. The number of aromatic nitrogens is 1. The lowest BCUT2D eigenvalue weighted by atomic mass is 10.2. The molecule has 4 nitrogen and oxygen atoms in total. The average molecular weight is 356 g/mol. The fourth-order valence-electron chi connectivity index (χ4n) is 2.59. The maximum absolute atomic E-state index is 13.4. The highest BCUT2D eigenvalue weighted by molar-refractivity contribution is 7.92. The Bertz CT molecular complexity index is 961. The standard InChI is InChI=1S/C19H17FN2O2S/c1-15-12-17(20)9-10-19(15)25(23,24)22(18-7-3-2-4-8-18)14-16-6-5-11-21-13-16/h2-13H,14H2,1H3. The molecule has 0 N–H and O–H groups in total. The van der Waals surface area contributed by atoms with Crippen molar-refractivity contribution in [3.8, 4) is 0 Å². The summed E-state index contributed by atoms with van der Waals surface area (Å²) in [4.78, 5) is 4.13. The summed E-state index contributed by atoms with van der Waals surface area (Å²) in [6, 6.07) is 16.1. The number of benzene rings is 2. The van der Waals surface area contributed by atoms with Crippen molar-refractivity contribution in [3.63, 3.8) is 0 Å². The van der Waals surface area contributed by atoms with Crippen molar-refractivity contribution in [2.75, 3.05) is 4.31 Å². The number of hydrogen-bond donors (Lipinski definition) is 0. The minimum atomic E-state index is -3.86. The van der Waals surface area contributed by atoms with Crippen LogP contribution in [-0.2, 0) is 16.6 Å². The first-order chi connectivity index (χ1) is 12.0. The Morgan fingerprint density at radius 3 is 2.44 bits per heavy atom. The second-order valence-corrected chi connectivity index (χ2v) is 7.45. The average Bonchev–Trinajstić information content (AvgIpc) is 2.61. The van der Waals surface area contributed by atoms with Crippen LogP contribution in [0.1, 0.15) is 11.1 Å². The SMILES string of the molecule is Cc1cc(F)ccc1S(=O)(=O)N(Cc1cccnc1)c1ccccc1. The van der Waals surface area contributed by atoms with E-state index >= 15 is 0 Å². The molecule has 3 aromatic rings. The Labute approximate surface area is 146 Å². The summed E-state index contributed by atoms with van der Waals surface area (Å²) in [5.74, 6) is -0.463. The highest BCUT2D eigenvalue weighted by Crippen LogP contribution is 2.27. The monoisotopic (exact) mass is 356 g/mol. The number of hydrogen-bond acceptors (Lipinski definition) is 3. The number of nitrogens with zero attached hydrogens (tertiary/aromatic N) is 2. The van der Waals surface area contributed by atoms with E-state index in [-0.39, 0.29) is 11.4 Å². The first kappa shape index (κ1) is 17.1. The molecule has 1 aromatic heterocycles. The van der Waals surface area contributed by atoms with Crippen molar-refractivity contribution in [1.29, 1.82) is 0 Å². The first-order valence-corrected chi connectivity index (χ1v) is 9.15. The van der Waals surface area contributed by atoms with E-state index < -0.39 is 15.8 Å². The highest BCUT2D eigenvalue weighted by Gasteiger charge is 2.27. The zero-order chi connectivity index (χ0) is 17.9. The molecule has 3 rings (SSSR count).